The second-order valence-electron chi connectivity index (χ2n) is 4.20. The maximum atomic E-state index is 10.7. The maximum Gasteiger partial charge on any atom is 0.130 e. The van der Waals surface area contributed by atoms with E-state index in [4.69, 9.17) is 0 Å². The monoisotopic (exact) mass is 224 g/mol. The highest BCUT2D eigenvalue weighted by Gasteiger charge is 2.14. The van der Waals surface area contributed by atoms with Gasteiger partial charge < -0.3 is 4.79 Å². The fourth-order valence-electron chi connectivity index (χ4n) is 2.02. The summed E-state index contributed by atoms with van der Waals surface area (Å²) >= 11 is 1.71. The van der Waals surface area contributed by atoms with Gasteiger partial charge in [-0.1, -0.05) is 44.2 Å². The van der Waals surface area contributed by atoms with Crippen molar-refractivity contribution < 1.29 is 4.79 Å². The molecular weight excluding hydrogens is 204 g/mol. The largest absolute Gasteiger partial charge is 0.300 e. The van der Waals surface area contributed by atoms with Gasteiger partial charge in [-0.3, -0.25) is 0 Å². The minimum atomic E-state index is 0.368. The molecule has 1 nitrogen and oxygen atoms in total. The summed E-state index contributed by atoms with van der Waals surface area (Å²) < 4.78 is 0. The fourth-order valence-corrected chi connectivity index (χ4v) is 2.48. The van der Waals surface area contributed by atoms with Crippen molar-refractivity contribution in [1.82, 2.24) is 0 Å². The molecule has 0 N–H and O–H groups in total. The molecule has 0 aromatic carbocycles. The van der Waals surface area contributed by atoms with Crippen LogP contribution in [0, 0.1) is 5.92 Å². The Morgan fingerprint density at radius 2 is 1.80 bits per heavy atom. The fraction of sp³-hybridized carbons (Fsp3) is 0.615. The van der Waals surface area contributed by atoms with Crippen molar-refractivity contribution in [2.75, 3.05) is 0 Å². The lowest BCUT2D eigenvalue weighted by Gasteiger charge is -2.19. The van der Waals surface area contributed by atoms with E-state index in [0.29, 0.717) is 5.78 Å². The molecule has 1 aromatic heterocycles. The van der Waals surface area contributed by atoms with E-state index in [2.05, 4.69) is 0 Å². The molecule has 0 amide bonds. The standard InChI is InChI=1S/C9H16O.C4H4S/c1-8(10)7-9-5-3-2-4-6-9;1-2-4-5-3-1/h9H,2-7H2,1H3;1-4H. The second-order valence-corrected chi connectivity index (χ2v) is 5.02. The Labute approximate surface area is 96.5 Å². The van der Waals surface area contributed by atoms with Crippen LogP contribution >= 0.6 is 11.3 Å². The molecule has 0 aliphatic heterocycles. The van der Waals surface area contributed by atoms with Crippen molar-refractivity contribution >= 4 is 17.1 Å². The van der Waals surface area contributed by atoms with Crippen LogP contribution in [0.2, 0.25) is 0 Å². The van der Waals surface area contributed by atoms with Crippen LogP contribution in [-0.2, 0) is 4.79 Å². The zero-order chi connectivity index (χ0) is 10.9. The van der Waals surface area contributed by atoms with Crippen molar-refractivity contribution in [2.45, 2.75) is 45.4 Å². The van der Waals surface area contributed by atoms with E-state index in [1.165, 1.54) is 32.1 Å². The van der Waals surface area contributed by atoms with Crippen LogP contribution in [0.15, 0.2) is 22.9 Å². The molecule has 2 rings (SSSR count). The lowest BCUT2D eigenvalue weighted by Crippen LogP contribution is -2.09. The van der Waals surface area contributed by atoms with Gasteiger partial charge in [-0.25, -0.2) is 0 Å². The summed E-state index contributed by atoms with van der Waals surface area (Å²) in [4.78, 5) is 10.7. The van der Waals surface area contributed by atoms with Gasteiger partial charge in [0, 0.05) is 6.42 Å². The van der Waals surface area contributed by atoms with Gasteiger partial charge in [0.15, 0.2) is 0 Å². The molecule has 0 spiro atoms. The van der Waals surface area contributed by atoms with Crippen LogP contribution in [-0.4, -0.2) is 5.78 Å². The van der Waals surface area contributed by atoms with Gasteiger partial charge in [-0.05, 0) is 23.6 Å². The van der Waals surface area contributed by atoms with Gasteiger partial charge in [0.25, 0.3) is 0 Å². The molecule has 1 fully saturated rings. The highest BCUT2D eigenvalue weighted by molar-refractivity contribution is 7.07. The molecule has 0 bridgehead atoms. The zero-order valence-electron chi connectivity index (χ0n) is 9.45. The molecule has 1 heterocycles. The maximum absolute atomic E-state index is 10.7. The van der Waals surface area contributed by atoms with E-state index in [-0.39, 0.29) is 0 Å². The Balaban J connectivity index is 0.000000187. The number of carbonyl (C=O) groups excluding carboxylic acids is 1. The Morgan fingerprint density at radius 1 is 1.20 bits per heavy atom. The first kappa shape index (κ1) is 12.4. The smallest absolute Gasteiger partial charge is 0.130 e. The van der Waals surface area contributed by atoms with Crippen LogP contribution < -0.4 is 0 Å². The first-order valence-corrected chi connectivity index (χ1v) is 6.70. The van der Waals surface area contributed by atoms with E-state index in [0.717, 1.165) is 12.3 Å². The first-order chi connectivity index (χ1) is 7.29. The third-order valence-corrected chi connectivity index (χ3v) is 3.35. The SMILES string of the molecule is CC(=O)CC1CCCCC1.c1ccsc1. The van der Waals surface area contributed by atoms with Crippen LogP contribution in [0.3, 0.4) is 0 Å². The van der Waals surface area contributed by atoms with E-state index >= 15 is 0 Å². The average Bonchev–Trinajstić information content (AvgIpc) is 2.76. The van der Waals surface area contributed by atoms with Crippen molar-refractivity contribution in [1.29, 1.82) is 0 Å². The van der Waals surface area contributed by atoms with Crippen molar-refractivity contribution in [3.05, 3.63) is 22.9 Å². The number of Topliss-reactive ketones (excluding diaryl/α,β-unsaturated/α-hetero) is 1. The first-order valence-electron chi connectivity index (χ1n) is 5.75. The number of hydrogen-bond acceptors (Lipinski definition) is 2. The minimum absolute atomic E-state index is 0.368. The van der Waals surface area contributed by atoms with Gasteiger partial charge in [-0.15, -0.1) is 0 Å². The summed E-state index contributed by atoms with van der Waals surface area (Å²) in [5, 5.41) is 4.08. The number of ketones is 1. The Morgan fingerprint density at radius 3 is 2.20 bits per heavy atom. The van der Waals surface area contributed by atoms with E-state index in [9.17, 15) is 4.79 Å². The number of rotatable bonds is 2. The highest BCUT2D eigenvalue weighted by Crippen LogP contribution is 2.26. The Kier molecular flexibility index (Phi) is 6.33. The molecule has 15 heavy (non-hydrogen) atoms. The van der Waals surface area contributed by atoms with Crippen LogP contribution in [0.25, 0.3) is 0 Å². The molecule has 1 saturated carbocycles. The minimum Gasteiger partial charge on any atom is -0.300 e. The highest BCUT2D eigenvalue weighted by atomic mass is 32.1. The van der Waals surface area contributed by atoms with Gasteiger partial charge >= 0.3 is 0 Å². The summed E-state index contributed by atoms with van der Waals surface area (Å²) in [5.41, 5.74) is 0. The molecular formula is C13H20OS. The van der Waals surface area contributed by atoms with E-state index in [1.807, 2.05) is 22.9 Å². The van der Waals surface area contributed by atoms with Gasteiger partial charge in [0.1, 0.15) is 5.78 Å². The van der Waals surface area contributed by atoms with Gasteiger partial charge in [0.2, 0.25) is 0 Å². The summed E-state index contributed by atoms with van der Waals surface area (Å²) in [6.45, 7) is 1.70. The van der Waals surface area contributed by atoms with Crippen molar-refractivity contribution in [3.8, 4) is 0 Å². The van der Waals surface area contributed by atoms with Gasteiger partial charge in [-0.2, -0.15) is 11.3 Å². The summed E-state index contributed by atoms with van der Waals surface area (Å²) in [7, 11) is 0. The van der Waals surface area contributed by atoms with Crippen LogP contribution in [0.4, 0.5) is 0 Å². The summed E-state index contributed by atoms with van der Waals surface area (Å²) in [6, 6.07) is 4.04. The van der Waals surface area contributed by atoms with E-state index in [1.54, 1.807) is 18.3 Å². The van der Waals surface area contributed by atoms with Gasteiger partial charge in [0.05, 0.1) is 0 Å². The lowest BCUT2D eigenvalue weighted by molar-refractivity contribution is -0.118. The zero-order valence-corrected chi connectivity index (χ0v) is 10.3. The molecule has 0 atom stereocenters. The Hall–Kier alpha value is -0.630. The molecule has 0 radical (unpaired) electrons. The lowest BCUT2D eigenvalue weighted by atomic mass is 9.86. The molecule has 1 aliphatic rings. The molecule has 0 saturated heterocycles. The third kappa shape index (κ3) is 6.45. The molecule has 1 aromatic rings. The summed E-state index contributed by atoms with van der Waals surface area (Å²) in [6.07, 6.45) is 7.49. The van der Waals surface area contributed by atoms with Crippen molar-refractivity contribution in [3.63, 3.8) is 0 Å². The predicted octanol–water partition coefficient (Wildman–Crippen LogP) is 4.29. The van der Waals surface area contributed by atoms with E-state index < -0.39 is 0 Å². The molecule has 0 unspecified atom stereocenters. The predicted molar refractivity (Wildman–Crippen MR) is 66.2 cm³/mol. The topological polar surface area (TPSA) is 17.1 Å². The quantitative estimate of drug-likeness (QED) is 0.732. The molecule has 2 heteroatoms. The molecule has 1 aliphatic carbocycles. The average molecular weight is 224 g/mol. The number of thiophene rings is 1. The Bertz CT molecular complexity index is 230. The molecule has 84 valence electrons. The van der Waals surface area contributed by atoms with Crippen LogP contribution in [0.1, 0.15) is 45.4 Å². The number of carbonyl (C=O) groups is 1. The van der Waals surface area contributed by atoms with Crippen molar-refractivity contribution in [2.24, 2.45) is 5.92 Å². The summed E-state index contributed by atoms with van der Waals surface area (Å²) in [5.74, 6) is 1.10. The third-order valence-electron chi connectivity index (χ3n) is 2.73. The number of hydrogen-bond donors (Lipinski definition) is 0. The second kappa shape index (κ2) is 7.63. The normalized spacial score (nSPS) is 16.6. The van der Waals surface area contributed by atoms with Crippen LogP contribution in [0.5, 0.6) is 0 Å².